The van der Waals surface area contributed by atoms with Crippen molar-refractivity contribution in [2.45, 2.75) is 39.5 Å². The molecule has 0 fully saturated rings. The molecule has 0 N–H and O–H groups in total. The van der Waals surface area contributed by atoms with E-state index in [4.69, 9.17) is 9.47 Å². The average molecular weight is 486 g/mol. The Hall–Kier alpha value is -2.57. The molecule has 2 atom stereocenters. The molecule has 6 heteroatoms. The van der Waals surface area contributed by atoms with Crippen molar-refractivity contribution in [3.8, 4) is 11.5 Å². The second-order valence-electron chi connectivity index (χ2n) is 8.84. The number of hydrogen-bond donors (Lipinski definition) is 1. The molecule has 0 aliphatic carbocycles. The maximum Gasteiger partial charge on any atom is 0.203 e. The van der Waals surface area contributed by atoms with Gasteiger partial charge in [0, 0.05) is 13.1 Å². The quantitative estimate of drug-likeness (QED) is 0.268. The van der Waals surface area contributed by atoms with E-state index in [-0.39, 0.29) is 11.8 Å². The lowest BCUT2D eigenvalue weighted by atomic mass is 10.0. The number of allylic oxidation sites excluding steroid dienone is 4. The summed E-state index contributed by atoms with van der Waals surface area (Å²) in [5.74, 6) is 2.24. The third kappa shape index (κ3) is 10.6. The molecular formula is C28H39NO4S. The van der Waals surface area contributed by atoms with Crippen LogP contribution in [0.3, 0.4) is 0 Å². The normalized spacial score (nSPS) is 13.7. The van der Waals surface area contributed by atoms with Crippen molar-refractivity contribution in [2.24, 2.45) is 11.8 Å². The van der Waals surface area contributed by atoms with Crippen LogP contribution in [0.2, 0.25) is 0 Å². The van der Waals surface area contributed by atoms with Gasteiger partial charge in [-0.05, 0) is 72.9 Å². The Balaban J connectivity index is 1.72. The number of ether oxygens (including phenoxy) is 2. The van der Waals surface area contributed by atoms with Gasteiger partial charge < -0.3 is 9.47 Å². The molecule has 186 valence electrons. The minimum Gasteiger partial charge on any atom is -0.497 e. The van der Waals surface area contributed by atoms with Gasteiger partial charge in [0.2, 0.25) is 10.9 Å². The zero-order valence-electron chi connectivity index (χ0n) is 20.9. The Bertz CT molecular complexity index is 887. The molecule has 0 spiro atoms. The van der Waals surface area contributed by atoms with Crippen LogP contribution in [0.25, 0.3) is 0 Å². The standard InChI is InChI=1S/C28H39NO4S/c1-23(9-5-7-11-25-13-17-27(32-3)18-14-25)21-29(34(30)31)22-24(2)10-6-8-12-26-15-19-28(33-4)20-16-26/h5-8,13-20,23-24,34H,9-12,21-22H2,1-4H3. The Kier molecular flexibility index (Phi) is 12.5. The number of methoxy groups -OCH3 is 2. The van der Waals surface area contributed by atoms with Crippen LogP contribution in [0.15, 0.2) is 72.8 Å². The molecule has 0 bridgehead atoms. The molecule has 0 saturated heterocycles. The van der Waals surface area contributed by atoms with Gasteiger partial charge in [-0.1, -0.05) is 62.4 Å². The highest BCUT2D eigenvalue weighted by Crippen LogP contribution is 2.15. The van der Waals surface area contributed by atoms with Gasteiger partial charge in [-0.25, -0.2) is 12.7 Å². The van der Waals surface area contributed by atoms with Crippen LogP contribution < -0.4 is 9.47 Å². The summed E-state index contributed by atoms with van der Waals surface area (Å²) in [5.41, 5.74) is 2.45. The Morgan fingerprint density at radius 3 is 1.41 bits per heavy atom. The summed E-state index contributed by atoms with van der Waals surface area (Å²) in [7, 11) is 0.740. The van der Waals surface area contributed by atoms with Gasteiger partial charge in [-0.15, -0.1) is 0 Å². The molecule has 0 radical (unpaired) electrons. The van der Waals surface area contributed by atoms with Gasteiger partial charge >= 0.3 is 0 Å². The van der Waals surface area contributed by atoms with Crippen LogP contribution in [-0.4, -0.2) is 40.0 Å². The summed E-state index contributed by atoms with van der Waals surface area (Å²) >= 11 is 0. The van der Waals surface area contributed by atoms with Crippen LogP contribution in [0.1, 0.15) is 37.8 Å². The molecule has 0 aliphatic rings. The van der Waals surface area contributed by atoms with Crippen LogP contribution in [0.4, 0.5) is 0 Å². The Morgan fingerprint density at radius 2 is 1.09 bits per heavy atom. The lowest BCUT2D eigenvalue weighted by Crippen LogP contribution is -2.31. The summed E-state index contributed by atoms with van der Waals surface area (Å²) in [6.45, 7) is 5.29. The highest BCUT2D eigenvalue weighted by Gasteiger charge is 2.14. The minimum absolute atomic E-state index is 0.262. The number of benzene rings is 2. The Labute approximate surface area is 207 Å². The molecule has 5 nitrogen and oxygen atoms in total. The summed E-state index contributed by atoms with van der Waals surface area (Å²) < 4.78 is 35.6. The predicted molar refractivity (Wildman–Crippen MR) is 141 cm³/mol. The molecule has 2 aromatic rings. The zero-order chi connectivity index (χ0) is 24.8. The molecule has 0 aliphatic heterocycles. The van der Waals surface area contributed by atoms with Crippen molar-refractivity contribution in [2.75, 3.05) is 27.3 Å². The van der Waals surface area contributed by atoms with E-state index in [2.05, 4.69) is 62.4 Å². The topological polar surface area (TPSA) is 55.8 Å². The van der Waals surface area contributed by atoms with Crippen LogP contribution in [0, 0.1) is 11.8 Å². The molecule has 0 amide bonds. The second kappa shape index (κ2) is 15.4. The largest absolute Gasteiger partial charge is 0.497 e. The van der Waals surface area contributed by atoms with E-state index in [0.717, 1.165) is 37.2 Å². The van der Waals surface area contributed by atoms with Gasteiger partial charge in [-0.3, -0.25) is 0 Å². The lowest BCUT2D eigenvalue weighted by Gasteiger charge is -2.22. The number of hydrogen-bond acceptors (Lipinski definition) is 4. The van der Waals surface area contributed by atoms with Crippen molar-refractivity contribution in [1.29, 1.82) is 0 Å². The fourth-order valence-electron chi connectivity index (χ4n) is 3.70. The van der Waals surface area contributed by atoms with Crippen molar-refractivity contribution in [3.63, 3.8) is 0 Å². The maximum atomic E-state index is 11.8. The number of rotatable bonds is 15. The molecule has 34 heavy (non-hydrogen) atoms. The Morgan fingerprint density at radius 1 is 0.706 bits per heavy atom. The zero-order valence-corrected chi connectivity index (χ0v) is 21.7. The van der Waals surface area contributed by atoms with Crippen molar-refractivity contribution in [1.82, 2.24) is 4.31 Å². The van der Waals surface area contributed by atoms with E-state index < -0.39 is 10.9 Å². The summed E-state index contributed by atoms with van der Waals surface area (Å²) in [6, 6.07) is 16.1. The van der Waals surface area contributed by atoms with E-state index in [9.17, 15) is 8.42 Å². The highest BCUT2D eigenvalue weighted by molar-refractivity contribution is 7.69. The van der Waals surface area contributed by atoms with Gasteiger partial charge in [0.25, 0.3) is 0 Å². The van der Waals surface area contributed by atoms with Gasteiger partial charge in [0.15, 0.2) is 0 Å². The van der Waals surface area contributed by atoms with Gasteiger partial charge in [0.05, 0.1) is 14.2 Å². The first kappa shape index (κ1) is 27.7. The fraction of sp³-hybridized carbons (Fsp3) is 0.429. The first-order valence-electron chi connectivity index (χ1n) is 11.9. The van der Waals surface area contributed by atoms with E-state index in [1.807, 2.05) is 24.3 Å². The second-order valence-corrected chi connectivity index (χ2v) is 9.88. The molecule has 2 aromatic carbocycles. The van der Waals surface area contributed by atoms with E-state index in [1.54, 1.807) is 18.5 Å². The van der Waals surface area contributed by atoms with E-state index in [0.29, 0.717) is 13.1 Å². The highest BCUT2D eigenvalue weighted by atomic mass is 32.2. The van der Waals surface area contributed by atoms with Crippen LogP contribution in [-0.2, 0) is 23.7 Å². The van der Waals surface area contributed by atoms with Crippen LogP contribution >= 0.6 is 0 Å². The predicted octanol–water partition coefficient (Wildman–Crippen LogP) is 5.48. The third-order valence-corrected chi connectivity index (χ3v) is 6.50. The fourth-order valence-corrected chi connectivity index (χ4v) is 4.52. The van der Waals surface area contributed by atoms with Crippen molar-refractivity contribution < 1.29 is 17.9 Å². The third-order valence-electron chi connectivity index (χ3n) is 5.71. The summed E-state index contributed by atoms with van der Waals surface area (Å²) in [6.07, 6.45) is 12.0. The SMILES string of the molecule is COc1ccc(CC=CCC(C)CN(CC(C)CC=CCc2ccc(OC)cc2)[SH](=O)=O)cc1. The van der Waals surface area contributed by atoms with Crippen molar-refractivity contribution >= 4 is 10.9 Å². The average Bonchev–Trinajstić information content (AvgIpc) is 2.84. The molecule has 0 saturated carbocycles. The lowest BCUT2D eigenvalue weighted by molar-refractivity contribution is 0.324. The smallest absolute Gasteiger partial charge is 0.203 e. The number of nitrogens with zero attached hydrogens (tertiary/aromatic N) is 1. The monoisotopic (exact) mass is 485 g/mol. The minimum atomic E-state index is -2.59. The van der Waals surface area contributed by atoms with E-state index >= 15 is 0 Å². The van der Waals surface area contributed by atoms with Crippen molar-refractivity contribution in [3.05, 3.63) is 84.0 Å². The molecule has 2 unspecified atom stereocenters. The maximum absolute atomic E-state index is 11.8. The summed E-state index contributed by atoms with van der Waals surface area (Å²) in [5, 5.41) is 0. The van der Waals surface area contributed by atoms with E-state index in [1.165, 1.54) is 11.1 Å². The first-order valence-corrected chi connectivity index (χ1v) is 13.0. The molecule has 0 heterocycles. The molecule has 0 aromatic heterocycles. The van der Waals surface area contributed by atoms with Crippen LogP contribution in [0.5, 0.6) is 11.5 Å². The van der Waals surface area contributed by atoms with Gasteiger partial charge in [0.1, 0.15) is 11.5 Å². The first-order chi connectivity index (χ1) is 16.4. The van der Waals surface area contributed by atoms with Gasteiger partial charge in [-0.2, -0.15) is 0 Å². The summed E-state index contributed by atoms with van der Waals surface area (Å²) in [4.78, 5) is 0. The number of thiol groups is 1. The molecule has 2 rings (SSSR count). The molecular weight excluding hydrogens is 446 g/mol.